The second kappa shape index (κ2) is 5.66. The monoisotopic (exact) mass is 329 g/mol. The van der Waals surface area contributed by atoms with Crippen molar-refractivity contribution in [3.05, 3.63) is 70.8 Å². The van der Waals surface area contributed by atoms with Crippen LogP contribution in [0.3, 0.4) is 0 Å². The zero-order valence-electron chi connectivity index (χ0n) is 14.7. The lowest BCUT2D eigenvalue weighted by atomic mass is 9.62. The van der Waals surface area contributed by atoms with Crippen LogP contribution < -0.4 is 5.32 Å². The molecule has 3 heteroatoms. The molecule has 0 amide bonds. The largest absolute Gasteiger partial charge is 0.306 e. The number of fused-ring (bicyclic) bond motifs is 1. The van der Waals surface area contributed by atoms with Gasteiger partial charge in [-0.05, 0) is 62.4 Å². The summed E-state index contributed by atoms with van der Waals surface area (Å²) in [6, 6.07) is 4.41. The number of hydrogen-bond donors (Lipinski definition) is 1. The minimum Gasteiger partial charge on any atom is -0.306 e. The zero-order valence-corrected chi connectivity index (χ0v) is 14.7. The van der Waals surface area contributed by atoms with Gasteiger partial charge in [0.05, 0.1) is 5.54 Å². The average molecular weight is 329 g/mol. The van der Waals surface area contributed by atoms with Gasteiger partial charge in [-0.2, -0.15) is 0 Å². The minimum absolute atomic E-state index is 0.171. The lowest BCUT2D eigenvalue weighted by molar-refractivity contribution is 0.136. The maximum Gasteiger partial charge on any atom is 0.162 e. The highest BCUT2D eigenvalue weighted by molar-refractivity contribution is 5.62. The van der Waals surface area contributed by atoms with E-state index in [-0.39, 0.29) is 5.41 Å². The van der Waals surface area contributed by atoms with E-state index >= 15 is 0 Å². The molecule has 2 unspecified atom stereocenters. The highest BCUT2D eigenvalue weighted by atomic mass is 19.2. The third kappa shape index (κ3) is 2.14. The molecule has 1 saturated heterocycles. The molecule has 0 spiro atoms. The van der Waals surface area contributed by atoms with Crippen molar-refractivity contribution < 1.29 is 8.78 Å². The van der Waals surface area contributed by atoms with Gasteiger partial charge in [-0.25, -0.2) is 8.78 Å². The van der Waals surface area contributed by atoms with Crippen LogP contribution in [0.4, 0.5) is 8.78 Å². The molecule has 2 atom stereocenters. The van der Waals surface area contributed by atoms with E-state index in [0.29, 0.717) is 12.0 Å². The molecule has 1 aliphatic heterocycles. The molecule has 0 saturated carbocycles. The van der Waals surface area contributed by atoms with E-state index in [2.05, 4.69) is 32.3 Å². The van der Waals surface area contributed by atoms with Crippen LogP contribution in [0, 0.1) is 17.0 Å². The summed E-state index contributed by atoms with van der Waals surface area (Å²) in [4.78, 5) is 0. The first-order valence-electron chi connectivity index (χ1n) is 8.49. The van der Waals surface area contributed by atoms with Crippen LogP contribution in [-0.4, -0.2) is 12.1 Å². The molecule has 0 aromatic heterocycles. The highest BCUT2D eigenvalue weighted by Gasteiger charge is 2.57. The molecular formula is C21H25F2N. The first-order valence-corrected chi connectivity index (χ1v) is 8.49. The third-order valence-electron chi connectivity index (χ3n) is 6.16. The molecule has 24 heavy (non-hydrogen) atoms. The predicted molar refractivity (Wildman–Crippen MR) is 94.8 cm³/mol. The molecule has 1 heterocycles. The SMILES string of the molecule is C=C(C)C1=C(C)C2(C)CCCNC2(Cc2cccc(F)c2F)C1=C. The van der Waals surface area contributed by atoms with Gasteiger partial charge >= 0.3 is 0 Å². The third-order valence-corrected chi connectivity index (χ3v) is 6.16. The Morgan fingerprint density at radius 3 is 2.71 bits per heavy atom. The molecule has 0 radical (unpaired) electrons. The van der Waals surface area contributed by atoms with Crippen LogP contribution in [0.1, 0.15) is 39.2 Å². The Hall–Kier alpha value is -1.74. The standard InChI is InChI=1S/C21H25F2N/c1-13(2)18-14(3)20(5)10-7-11-24-21(20,15(18)4)12-16-8-6-9-17(22)19(16)23/h6,8-9,24H,1,4,7,10-12H2,2-3,5H3. The zero-order chi connectivity index (χ0) is 17.7. The smallest absolute Gasteiger partial charge is 0.162 e. The number of piperidine rings is 1. The molecule has 0 bridgehead atoms. The van der Waals surface area contributed by atoms with Gasteiger partial charge in [-0.1, -0.05) is 43.4 Å². The summed E-state index contributed by atoms with van der Waals surface area (Å²) >= 11 is 0. The van der Waals surface area contributed by atoms with Crippen LogP contribution in [0.5, 0.6) is 0 Å². The molecule has 1 nitrogen and oxygen atoms in total. The topological polar surface area (TPSA) is 12.0 Å². The minimum atomic E-state index is -0.796. The number of halogens is 2. The van der Waals surface area contributed by atoms with Crippen molar-refractivity contribution in [2.75, 3.05) is 6.54 Å². The molecule has 2 aliphatic rings. The Balaban J connectivity index is 2.14. The summed E-state index contributed by atoms with van der Waals surface area (Å²) < 4.78 is 28.1. The summed E-state index contributed by atoms with van der Waals surface area (Å²) in [5.74, 6) is -1.55. The van der Waals surface area contributed by atoms with Gasteiger partial charge in [0.2, 0.25) is 0 Å². The summed E-state index contributed by atoms with van der Waals surface area (Å²) in [6.45, 7) is 15.7. The molecule has 1 N–H and O–H groups in total. The summed E-state index contributed by atoms with van der Waals surface area (Å²) in [6.07, 6.45) is 2.44. The van der Waals surface area contributed by atoms with Crippen LogP contribution in [0.25, 0.3) is 0 Å². The van der Waals surface area contributed by atoms with E-state index in [1.54, 1.807) is 12.1 Å². The first kappa shape index (κ1) is 17.1. The van der Waals surface area contributed by atoms with Gasteiger partial charge < -0.3 is 5.32 Å². The Labute approximate surface area is 143 Å². The molecule has 1 aromatic carbocycles. The molecule has 1 aliphatic carbocycles. The van der Waals surface area contributed by atoms with Crippen molar-refractivity contribution in [3.63, 3.8) is 0 Å². The van der Waals surface area contributed by atoms with Crippen molar-refractivity contribution in [2.45, 2.75) is 45.6 Å². The van der Waals surface area contributed by atoms with E-state index in [9.17, 15) is 8.78 Å². The van der Waals surface area contributed by atoms with Crippen LogP contribution in [-0.2, 0) is 6.42 Å². The van der Waals surface area contributed by atoms with Gasteiger partial charge in [0.15, 0.2) is 11.6 Å². The fourth-order valence-electron chi connectivity index (χ4n) is 4.73. The van der Waals surface area contributed by atoms with Crippen LogP contribution in [0.2, 0.25) is 0 Å². The number of nitrogens with one attached hydrogen (secondary N) is 1. The molecule has 3 rings (SSSR count). The van der Waals surface area contributed by atoms with Gasteiger partial charge in [-0.3, -0.25) is 0 Å². The number of hydrogen-bond acceptors (Lipinski definition) is 1. The number of allylic oxidation sites excluding steroid dienone is 1. The number of benzene rings is 1. The maximum absolute atomic E-state index is 14.4. The van der Waals surface area contributed by atoms with Crippen molar-refractivity contribution >= 4 is 0 Å². The van der Waals surface area contributed by atoms with E-state index in [1.807, 2.05) is 6.92 Å². The normalized spacial score (nSPS) is 29.8. The molecule has 1 fully saturated rings. The van der Waals surface area contributed by atoms with E-state index in [0.717, 1.165) is 42.2 Å². The molecule has 1 aromatic rings. The van der Waals surface area contributed by atoms with Crippen LogP contribution in [0.15, 0.2) is 53.6 Å². The number of rotatable bonds is 3. The Kier molecular flexibility index (Phi) is 4.03. The predicted octanol–water partition coefficient (Wildman–Crippen LogP) is 5.10. The lowest BCUT2D eigenvalue weighted by Crippen LogP contribution is -2.61. The Morgan fingerprint density at radius 1 is 1.33 bits per heavy atom. The summed E-state index contributed by atoms with van der Waals surface area (Å²) in [5.41, 5.74) is 4.03. The highest BCUT2D eigenvalue weighted by Crippen LogP contribution is 2.58. The van der Waals surface area contributed by atoms with E-state index < -0.39 is 17.2 Å². The van der Waals surface area contributed by atoms with Gasteiger partial charge in [0.25, 0.3) is 0 Å². The summed E-state index contributed by atoms with van der Waals surface area (Å²) in [5, 5.41) is 3.62. The maximum atomic E-state index is 14.4. The van der Waals surface area contributed by atoms with Gasteiger partial charge in [-0.15, -0.1) is 0 Å². The summed E-state index contributed by atoms with van der Waals surface area (Å²) in [7, 11) is 0. The van der Waals surface area contributed by atoms with Crippen molar-refractivity contribution in [3.8, 4) is 0 Å². The second-order valence-electron chi connectivity index (χ2n) is 7.42. The lowest BCUT2D eigenvalue weighted by Gasteiger charge is -2.50. The molecular weight excluding hydrogens is 304 g/mol. The fraction of sp³-hybridized carbons (Fsp3) is 0.429. The van der Waals surface area contributed by atoms with E-state index in [1.165, 1.54) is 5.57 Å². The average Bonchev–Trinajstić information content (AvgIpc) is 2.70. The van der Waals surface area contributed by atoms with E-state index in [4.69, 9.17) is 0 Å². The van der Waals surface area contributed by atoms with Gasteiger partial charge in [0.1, 0.15) is 0 Å². The fourth-order valence-corrected chi connectivity index (χ4v) is 4.73. The Morgan fingerprint density at radius 2 is 2.04 bits per heavy atom. The van der Waals surface area contributed by atoms with Crippen molar-refractivity contribution in [1.82, 2.24) is 5.32 Å². The van der Waals surface area contributed by atoms with Gasteiger partial charge in [0, 0.05) is 5.41 Å². The quantitative estimate of drug-likeness (QED) is 0.813. The van der Waals surface area contributed by atoms with Crippen molar-refractivity contribution in [1.29, 1.82) is 0 Å². The van der Waals surface area contributed by atoms with Crippen LogP contribution >= 0.6 is 0 Å². The van der Waals surface area contributed by atoms with Crippen molar-refractivity contribution in [2.24, 2.45) is 5.41 Å². The first-order chi connectivity index (χ1) is 11.2. The Bertz CT molecular complexity index is 761. The second-order valence-corrected chi connectivity index (χ2v) is 7.42. The molecule has 128 valence electrons.